The van der Waals surface area contributed by atoms with E-state index in [2.05, 4.69) is 14.9 Å². The molecule has 5 rings (SSSR count). The smallest absolute Gasteiger partial charge is 0.417 e. The number of hydrogen-bond acceptors (Lipinski definition) is 7. The van der Waals surface area contributed by atoms with Crippen LogP contribution in [0.3, 0.4) is 0 Å². The van der Waals surface area contributed by atoms with Gasteiger partial charge in [0.05, 0.1) is 5.56 Å². The normalized spacial score (nSPS) is 17.0. The third kappa shape index (κ3) is 5.55. The number of aromatic nitrogens is 2. The fraction of sp³-hybridized carbons (Fsp3) is 0.333. The number of likely N-dealkylation sites (tertiary alicyclic amines) is 1. The van der Waals surface area contributed by atoms with Gasteiger partial charge < -0.3 is 14.5 Å². The van der Waals surface area contributed by atoms with Crippen molar-refractivity contribution in [3.8, 4) is 11.6 Å². The molecule has 0 saturated carbocycles. The number of carbonyl (C=O) groups is 2. The van der Waals surface area contributed by atoms with Crippen molar-refractivity contribution in [2.75, 3.05) is 39.3 Å². The van der Waals surface area contributed by atoms with Gasteiger partial charge in [0.25, 0.3) is 11.8 Å². The fourth-order valence-electron chi connectivity index (χ4n) is 4.22. The van der Waals surface area contributed by atoms with Crippen molar-refractivity contribution < 1.29 is 27.5 Å². The zero-order valence-electron chi connectivity index (χ0n) is 19.3. The maximum Gasteiger partial charge on any atom is 0.417 e. The first kappa shape index (κ1) is 25.4. The molecular weight excluding hydrogens is 531 g/mol. The SMILES string of the molecule is O=C(c1ccc(Oc2ncc(C(F)(F)F)cc2Cl)cc1)N1CC(N2CCN(C(=O)c3nccs3)CC2)C1. The number of ether oxygens (including phenoxy) is 1. The highest BCUT2D eigenvalue weighted by Crippen LogP contribution is 2.34. The molecule has 3 aromatic rings. The van der Waals surface area contributed by atoms with Crippen LogP contribution in [0.15, 0.2) is 48.1 Å². The van der Waals surface area contributed by atoms with E-state index in [0.29, 0.717) is 42.9 Å². The number of alkyl halides is 3. The van der Waals surface area contributed by atoms with Gasteiger partial charge in [-0.25, -0.2) is 9.97 Å². The number of pyridine rings is 1. The van der Waals surface area contributed by atoms with Crippen molar-refractivity contribution in [1.82, 2.24) is 24.7 Å². The molecule has 4 heterocycles. The molecule has 0 aliphatic carbocycles. The molecule has 13 heteroatoms. The van der Waals surface area contributed by atoms with Crippen LogP contribution >= 0.6 is 22.9 Å². The summed E-state index contributed by atoms with van der Waals surface area (Å²) >= 11 is 7.22. The molecule has 8 nitrogen and oxygen atoms in total. The summed E-state index contributed by atoms with van der Waals surface area (Å²) in [5.41, 5.74) is -0.499. The van der Waals surface area contributed by atoms with E-state index in [1.54, 1.807) is 40.7 Å². The highest BCUT2D eigenvalue weighted by atomic mass is 35.5. The Balaban J connectivity index is 1.11. The zero-order chi connectivity index (χ0) is 26.2. The lowest BCUT2D eigenvalue weighted by molar-refractivity contribution is -0.137. The maximum atomic E-state index is 12.9. The van der Waals surface area contributed by atoms with Crippen molar-refractivity contribution in [2.45, 2.75) is 12.2 Å². The number of amides is 2. The van der Waals surface area contributed by atoms with Gasteiger partial charge in [0, 0.05) is 68.6 Å². The first-order valence-electron chi connectivity index (χ1n) is 11.4. The number of rotatable bonds is 5. The van der Waals surface area contributed by atoms with E-state index in [0.717, 1.165) is 19.2 Å². The van der Waals surface area contributed by atoms with Crippen molar-refractivity contribution in [1.29, 1.82) is 0 Å². The van der Waals surface area contributed by atoms with E-state index in [-0.39, 0.29) is 34.5 Å². The second-order valence-electron chi connectivity index (χ2n) is 8.66. The minimum atomic E-state index is -4.55. The molecule has 0 bridgehead atoms. The van der Waals surface area contributed by atoms with Crippen LogP contribution < -0.4 is 4.74 Å². The van der Waals surface area contributed by atoms with Gasteiger partial charge in [0.2, 0.25) is 5.88 Å². The maximum absolute atomic E-state index is 12.9. The van der Waals surface area contributed by atoms with E-state index in [9.17, 15) is 22.8 Å². The van der Waals surface area contributed by atoms with Gasteiger partial charge in [-0.1, -0.05) is 11.6 Å². The molecule has 0 unspecified atom stereocenters. The number of thiazole rings is 1. The number of hydrogen-bond donors (Lipinski definition) is 0. The molecule has 2 aliphatic heterocycles. The number of halogens is 4. The summed E-state index contributed by atoms with van der Waals surface area (Å²) in [4.78, 5) is 38.9. The Hall–Kier alpha value is -3.22. The molecule has 0 atom stereocenters. The van der Waals surface area contributed by atoms with Crippen molar-refractivity contribution >= 4 is 34.8 Å². The molecule has 2 amide bonds. The number of nitrogens with zero attached hydrogens (tertiary/aromatic N) is 5. The summed E-state index contributed by atoms with van der Waals surface area (Å²) in [5, 5.41) is 2.02. The number of piperazine rings is 1. The van der Waals surface area contributed by atoms with E-state index >= 15 is 0 Å². The summed E-state index contributed by atoms with van der Waals surface area (Å²) in [5.74, 6) is -0.0277. The van der Waals surface area contributed by atoms with Crippen LogP contribution in [0.5, 0.6) is 11.6 Å². The average molecular weight is 552 g/mol. The highest BCUT2D eigenvalue weighted by molar-refractivity contribution is 7.11. The summed E-state index contributed by atoms with van der Waals surface area (Å²) < 4.78 is 43.8. The monoisotopic (exact) mass is 551 g/mol. The second kappa shape index (κ2) is 10.3. The van der Waals surface area contributed by atoms with Crippen molar-refractivity contribution in [2.24, 2.45) is 0 Å². The molecule has 1 aromatic carbocycles. The lowest BCUT2D eigenvalue weighted by Crippen LogP contribution is -2.64. The standard InChI is InChI=1S/C24H21ClF3N5O3S/c25-19-11-16(24(26,27)28)12-30-20(19)36-18-3-1-15(2-4-18)22(34)33-13-17(14-33)31-6-8-32(9-7-31)23(35)21-29-5-10-37-21/h1-5,10-12,17H,6-9,13-14H2. The van der Waals surface area contributed by atoms with E-state index in [1.807, 2.05) is 4.90 Å². The summed E-state index contributed by atoms with van der Waals surface area (Å²) in [6.07, 6.45) is -2.28. The van der Waals surface area contributed by atoms with Gasteiger partial charge in [0.15, 0.2) is 5.01 Å². The second-order valence-corrected chi connectivity index (χ2v) is 9.97. The number of benzene rings is 1. The fourth-order valence-corrected chi connectivity index (χ4v) is 5.03. The van der Waals surface area contributed by atoms with Crippen LogP contribution in [0, 0.1) is 0 Å². The zero-order valence-corrected chi connectivity index (χ0v) is 20.9. The Morgan fingerprint density at radius 2 is 1.70 bits per heavy atom. The Morgan fingerprint density at radius 3 is 2.30 bits per heavy atom. The molecule has 2 aromatic heterocycles. The van der Waals surface area contributed by atoms with Crippen LogP contribution in [-0.2, 0) is 6.18 Å². The van der Waals surface area contributed by atoms with Crippen molar-refractivity contribution in [3.63, 3.8) is 0 Å². The van der Waals surface area contributed by atoms with Crippen LogP contribution in [0.2, 0.25) is 5.02 Å². The van der Waals surface area contributed by atoms with Gasteiger partial charge in [-0.2, -0.15) is 13.2 Å². The molecule has 0 spiro atoms. The topological polar surface area (TPSA) is 78.9 Å². The van der Waals surface area contributed by atoms with E-state index in [1.165, 1.54) is 11.3 Å². The van der Waals surface area contributed by atoms with Gasteiger partial charge in [0.1, 0.15) is 10.8 Å². The van der Waals surface area contributed by atoms with Gasteiger partial charge in [-0.3, -0.25) is 14.5 Å². The Bertz CT molecular complexity index is 1280. The Morgan fingerprint density at radius 1 is 1.00 bits per heavy atom. The summed E-state index contributed by atoms with van der Waals surface area (Å²) in [7, 11) is 0. The number of carbonyl (C=O) groups excluding carboxylic acids is 2. The lowest BCUT2D eigenvalue weighted by Gasteiger charge is -2.48. The van der Waals surface area contributed by atoms with Gasteiger partial charge >= 0.3 is 6.18 Å². The van der Waals surface area contributed by atoms with Crippen LogP contribution in [0.1, 0.15) is 25.7 Å². The first-order chi connectivity index (χ1) is 17.7. The average Bonchev–Trinajstić information content (AvgIpc) is 3.39. The third-order valence-corrected chi connectivity index (χ3v) is 7.37. The highest BCUT2D eigenvalue weighted by Gasteiger charge is 2.37. The molecule has 0 N–H and O–H groups in total. The largest absolute Gasteiger partial charge is 0.438 e. The van der Waals surface area contributed by atoms with Crippen molar-refractivity contribution in [3.05, 3.63) is 69.3 Å². The van der Waals surface area contributed by atoms with Gasteiger partial charge in [-0.15, -0.1) is 11.3 Å². The molecule has 37 heavy (non-hydrogen) atoms. The molecule has 194 valence electrons. The minimum absolute atomic E-state index is 0.0381. The van der Waals surface area contributed by atoms with Crippen LogP contribution in [0.4, 0.5) is 13.2 Å². The van der Waals surface area contributed by atoms with E-state index < -0.39 is 11.7 Å². The third-order valence-electron chi connectivity index (χ3n) is 6.33. The molecule has 2 aliphatic rings. The van der Waals surface area contributed by atoms with Crippen LogP contribution in [-0.4, -0.2) is 81.8 Å². The van der Waals surface area contributed by atoms with Gasteiger partial charge in [-0.05, 0) is 30.3 Å². The molecular formula is C24H21ClF3N5O3S. The van der Waals surface area contributed by atoms with E-state index in [4.69, 9.17) is 16.3 Å². The molecule has 2 fully saturated rings. The summed E-state index contributed by atoms with van der Waals surface area (Å²) in [6, 6.07) is 7.26. The summed E-state index contributed by atoms with van der Waals surface area (Å²) in [6.45, 7) is 3.95. The Labute approximate surface area is 219 Å². The quantitative estimate of drug-likeness (QED) is 0.471. The predicted octanol–water partition coefficient (Wildman–Crippen LogP) is 4.29. The Kier molecular flexibility index (Phi) is 7.06. The molecule has 0 radical (unpaired) electrons. The predicted molar refractivity (Wildman–Crippen MR) is 130 cm³/mol. The molecule has 2 saturated heterocycles. The first-order valence-corrected chi connectivity index (χ1v) is 12.7. The van der Waals surface area contributed by atoms with Crippen LogP contribution in [0.25, 0.3) is 0 Å². The minimum Gasteiger partial charge on any atom is -0.438 e. The lowest BCUT2D eigenvalue weighted by atomic mass is 10.0.